The van der Waals surface area contributed by atoms with Gasteiger partial charge in [0.05, 0.1) is 0 Å². The Bertz CT molecular complexity index is 359. The van der Waals surface area contributed by atoms with Gasteiger partial charge in [-0.1, -0.05) is 29.8 Å². The molecular weight excluding hydrogens is 186 g/mol. The smallest absolute Gasteiger partial charge is 0.223 e. The molecule has 1 unspecified atom stereocenters. The van der Waals surface area contributed by atoms with Crippen LogP contribution in [0.3, 0.4) is 0 Å². The number of aryl methyl sites for hydroxylation is 1. The van der Waals surface area contributed by atoms with Gasteiger partial charge in [-0.25, -0.2) is 0 Å². The topological polar surface area (TPSA) is 29.1 Å². The molecule has 1 heterocycles. The van der Waals surface area contributed by atoms with Crippen molar-refractivity contribution >= 4 is 5.91 Å². The first-order chi connectivity index (χ1) is 7.25. The number of carbonyl (C=O) groups is 1. The third-order valence-corrected chi connectivity index (χ3v) is 2.96. The molecule has 0 bridgehead atoms. The zero-order valence-electron chi connectivity index (χ0n) is 9.12. The van der Waals surface area contributed by atoms with Crippen molar-refractivity contribution in [3.63, 3.8) is 0 Å². The van der Waals surface area contributed by atoms with Gasteiger partial charge in [0.2, 0.25) is 5.91 Å². The predicted octanol–water partition coefficient (Wildman–Crippen LogP) is 2.06. The van der Waals surface area contributed by atoms with E-state index in [-0.39, 0.29) is 11.8 Å². The lowest BCUT2D eigenvalue weighted by Crippen LogP contribution is -2.37. The Morgan fingerprint density at radius 3 is 3.07 bits per heavy atom. The lowest BCUT2D eigenvalue weighted by Gasteiger charge is -2.21. The van der Waals surface area contributed by atoms with Crippen molar-refractivity contribution < 1.29 is 4.79 Å². The van der Waals surface area contributed by atoms with Gasteiger partial charge in [0.1, 0.15) is 0 Å². The summed E-state index contributed by atoms with van der Waals surface area (Å²) in [5.74, 6) is 0.406. The number of carbonyl (C=O) groups excluding carboxylic acids is 1. The maximum absolute atomic E-state index is 11.6. The van der Waals surface area contributed by atoms with E-state index in [1.165, 1.54) is 11.1 Å². The zero-order chi connectivity index (χ0) is 10.7. The molecule has 80 valence electrons. The summed E-state index contributed by atoms with van der Waals surface area (Å²) in [5.41, 5.74) is 2.54. The van der Waals surface area contributed by atoms with Gasteiger partial charge in [-0.05, 0) is 31.7 Å². The van der Waals surface area contributed by atoms with Crippen molar-refractivity contribution in [3.05, 3.63) is 35.4 Å². The summed E-state index contributed by atoms with van der Waals surface area (Å²) in [5, 5.41) is 2.93. The van der Waals surface area contributed by atoms with Crippen molar-refractivity contribution in [2.24, 2.45) is 5.92 Å². The van der Waals surface area contributed by atoms with Gasteiger partial charge in [-0.15, -0.1) is 0 Å². The van der Waals surface area contributed by atoms with Crippen molar-refractivity contribution in [2.45, 2.75) is 26.2 Å². The summed E-state index contributed by atoms with van der Waals surface area (Å²) in [6, 6.07) is 8.42. The van der Waals surface area contributed by atoms with Crippen molar-refractivity contribution in [2.75, 3.05) is 6.54 Å². The largest absolute Gasteiger partial charge is 0.356 e. The average molecular weight is 203 g/mol. The first kappa shape index (κ1) is 10.2. The van der Waals surface area contributed by atoms with Crippen molar-refractivity contribution in [1.29, 1.82) is 0 Å². The van der Waals surface area contributed by atoms with Gasteiger partial charge >= 0.3 is 0 Å². The molecule has 1 saturated heterocycles. The monoisotopic (exact) mass is 203 g/mol. The van der Waals surface area contributed by atoms with E-state index in [0.717, 1.165) is 25.8 Å². The summed E-state index contributed by atoms with van der Waals surface area (Å²) in [4.78, 5) is 11.6. The molecule has 1 N–H and O–H groups in total. The molecule has 1 atom stereocenters. The van der Waals surface area contributed by atoms with Crippen LogP contribution in [-0.2, 0) is 11.2 Å². The summed E-state index contributed by atoms with van der Waals surface area (Å²) in [6.07, 6.45) is 3.02. The Morgan fingerprint density at radius 1 is 1.47 bits per heavy atom. The third-order valence-electron chi connectivity index (χ3n) is 2.96. The molecule has 0 spiro atoms. The molecule has 2 nitrogen and oxygen atoms in total. The van der Waals surface area contributed by atoms with Crippen LogP contribution >= 0.6 is 0 Å². The van der Waals surface area contributed by atoms with Crippen LogP contribution in [0, 0.1) is 12.8 Å². The molecule has 1 aromatic carbocycles. The van der Waals surface area contributed by atoms with Gasteiger partial charge < -0.3 is 5.32 Å². The quantitative estimate of drug-likeness (QED) is 0.783. The van der Waals surface area contributed by atoms with E-state index in [1.54, 1.807) is 0 Å². The molecule has 1 fully saturated rings. The second kappa shape index (κ2) is 4.47. The second-order valence-electron chi connectivity index (χ2n) is 4.32. The highest BCUT2D eigenvalue weighted by Gasteiger charge is 2.21. The zero-order valence-corrected chi connectivity index (χ0v) is 9.12. The Hall–Kier alpha value is -1.31. The number of piperidine rings is 1. The minimum Gasteiger partial charge on any atom is -0.356 e. The van der Waals surface area contributed by atoms with Gasteiger partial charge in [0, 0.05) is 12.5 Å². The molecule has 2 heteroatoms. The average Bonchev–Trinajstić information content (AvgIpc) is 2.22. The fraction of sp³-hybridized carbons (Fsp3) is 0.462. The first-order valence-electron chi connectivity index (χ1n) is 5.59. The highest BCUT2D eigenvalue weighted by atomic mass is 16.1. The molecule has 15 heavy (non-hydrogen) atoms. The van der Waals surface area contributed by atoms with Gasteiger partial charge in [-0.3, -0.25) is 4.79 Å². The molecule has 1 aliphatic rings. The van der Waals surface area contributed by atoms with Gasteiger partial charge in [0.25, 0.3) is 0 Å². The summed E-state index contributed by atoms with van der Waals surface area (Å²) < 4.78 is 0. The molecule has 2 rings (SSSR count). The van der Waals surface area contributed by atoms with Crippen LogP contribution in [0.4, 0.5) is 0 Å². The van der Waals surface area contributed by atoms with E-state index < -0.39 is 0 Å². The van der Waals surface area contributed by atoms with Crippen molar-refractivity contribution in [1.82, 2.24) is 5.32 Å². The van der Waals surface area contributed by atoms with E-state index in [1.807, 2.05) is 0 Å². The van der Waals surface area contributed by atoms with Crippen LogP contribution in [0.5, 0.6) is 0 Å². The number of benzene rings is 1. The van der Waals surface area contributed by atoms with E-state index in [0.29, 0.717) is 0 Å². The van der Waals surface area contributed by atoms with Crippen LogP contribution in [-0.4, -0.2) is 12.5 Å². The van der Waals surface area contributed by atoms with Crippen LogP contribution in [0.15, 0.2) is 24.3 Å². The molecule has 1 amide bonds. The predicted molar refractivity (Wildman–Crippen MR) is 60.6 cm³/mol. The Labute approximate surface area is 90.7 Å². The molecule has 0 aliphatic carbocycles. The Kier molecular flexibility index (Phi) is 3.05. The number of amides is 1. The number of rotatable bonds is 2. The van der Waals surface area contributed by atoms with E-state index in [4.69, 9.17) is 0 Å². The molecule has 0 radical (unpaired) electrons. The molecular formula is C13H17NO. The van der Waals surface area contributed by atoms with Crippen molar-refractivity contribution in [3.8, 4) is 0 Å². The SMILES string of the molecule is Cc1cccc(CC2CCCNC2=O)c1. The third kappa shape index (κ3) is 2.58. The molecule has 0 aromatic heterocycles. The van der Waals surface area contributed by atoms with Crippen LogP contribution < -0.4 is 5.32 Å². The van der Waals surface area contributed by atoms with E-state index >= 15 is 0 Å². The normalized spacial score (nSPS) is 21.1. The highest BCUT2D eigenvalue weighted by molar-refractivity contribution is 5.79. The fourth-order valence-corrected chi connectivity index (χ4v) is 2.15. The number of hydrogen-bond acceptors (Lipinski definition) is 1. The summed E-state index contributed by atoms with van der Waals surface area (Å²) in [6.45, 7) is 2.94. The maximum Gasteiger partial charge on any atom is 0.223 e. The van der Waals surface area contributed by atoms with Crippen LogP contribution in [0.1, 0.15) is 24.0 Å². The number of hydrogen-bond donors (Lipinski definition) is 1. The minimum absolute atomic E-state index is 0.181. The van der Waals surface area contributed by atoms with Gasteiger partial charge in [0.15, 0.2) is 0 Å². The standard InChI is InChI=1S/C13H17NO/c1-10-4-2-5-11(8-10)9-12-6-3-7-14-13(12)15/h2,4-5,8,12H,3,6-7,9H2,1H3,(H,14,15). The molecule has 0 saturated carbocycles. The lowest BCUT2D eigenvalue weighted by molar-refractivity contribution is -0.126. The Balaban J connectivity index is 2.04. The van der Waals surface area contributed by atoms with E-state index in [9.17, 15) is 4.79 Å². The number of nitrogens with one attached hydrogen (secondary N) is 1. The maximum atomic E-state index is 11.6. The minimum atomic E-state index is 0.181. The van der Waals surface area contributed by atoms with Crippen LogP contribution in [0.25, 0.3) is 0 Å². The highest BCUT2D eigenvalue weighted by Crippen LogP contribution is 2.17. The Morgan fingerprint density at radius 2 is 2.33 bits per heavy atom. The molecule has 1 aliphatic heterocycles. The van der Waals surface area contributed by atoms with E-state index in [2.05, 4.69) is 36.5 Å². The fourth-order valence-electron chi connectivity index (χ4n) is 2.15. The first-order valence-corrected chi connectivity index (χ1v) is 5.59. The summed E-state index contributed by atoms with van der Waals surface area (Å²) >= 11 is 0. The lowest BCUT2D eigenvalue weighted by atomic mass is 9.91. The summed E-state index contributed by atoms with van der Waals surface area (Å²) in [7, 11) is 0. The van der Waals surface area contributed by atoms with Gasteiger partial charge in [-0.2, -0.15) is 0 Å². The second-order valence-corrected chi connectivity index (χ2v) is 4.32. The van der Waals surface area contributed by atoms with Crippen LogP contribution in [0.2, 0.25) is 0 Å². The molecule has 1 aromatic rings.